The van der Waals surface area contributed by atoms with Crippen LogP contribution in [0.3, 0.4) is 0 Å². The molecule has 2 aliphatic carbocycles. The van der Waals surface area contributed by atoms with Gasteiger partial charge in [-0.15, -0.1) is 0 Å². The average molecular weight is 272 g/mol. The molecule has 2 saturated heterocycles. The van der Waals surface area contributed by atoms with Crippen molar-refractivity contribution in [1.82, 2.24) is 9.88 Å². The van der Waals surface area contributed by atoms with Crippen LogP contribution in [0.2, 0.25) is 0 Å². The summed E-state index contributed by atoms with van der Waals surface area (Å²) in [6, 6.07) is 3.74. The Morgan fingerprint density at radius 1 is 1.10 bits per heavy atom. The molecule has 0 aromatic carbocycles. The van der Waals surface area contributed by atoms with Gasteiger partial charge in [-0.3, -0.25) is 9.59 Å². The molecule has 1 aromatic rings. The van der Waals surface area contributed by atoms with Gasteiger partial charge in [0, 0.05) is 18.8 Å². The minimum atomic E-state index is -0.263. The number of amides is 1. The molecule has 20 heavy (non-hydrogen) atoms. The Labute approximate surface area is 118 Å². The summed E-state index contributed by atoms with van der Waals surface area (Å²) >= 11 is 0. The second-order valence-corrected chi connectivity index (χ2v) is 6.80. The third-order valence-corrected chi connectivity index (χ3v) is 5.42. The van der Waals surface area contributed by atoms with Crippen LogP contribution in [-0.4, -0.2) is 28.4 Å². The quantitative estimate of drug-likeness (QED) is 0.850. The lowest BCUT2D eigenvalue weighted by molar-refractivity contribution is 0.0631. The molecule has 106 valence electrons. The number of carbonyl (C=O) groups excluding carboxylic acids is 1. The van der Waals surface area contributed by atoms with Crippen LogP contribution in [-0.2, 0) is 0 Å². The molecule has 1 aromatic heterocycles. The number of aromatic amines is 1. The number of nitrogens with one attached hydrogen (secondary N) is 1. The molecule has 3 heterocycles. The number of rotatable bonds is 1. The molecule has 0 spiro atoms. The van der Waals surface area contributed by atoms with Crippen molar-refractivity contribution < 1.29 is 4.79 Å². The summed E-state index contributed by atoms with van der Waals surface area (Å²) in [6.07, 6.45) is 7.78. The van der Waals surface area contributed by atoms with E-state index >= 15 is 0 Å². The van der Waals surface area contributed by atoms with E-state index in [4.69, 9.17) is 0 Å². The highest BCUT2D eigenvalue weighted by Crippen LogP contribution is 2.47. The first-order valence-corrected chi connectivity index (χ1v) is 7.69. The standard InChI is InChI=1S/C16H20N2O2/c19-15-14(2-1-3-17-15)16(20)18-9-12-5-10-4-11(6-12)8-13(18)7-10/h1-3,10-13H,4-9H2,(H,17,19)/t10-,11+,12?,13?. The lowest BCUT2D eigenvalue weighted by atomic mass is 9.68. The van der Waals surface area contributed by atoms with Gasteiger partial charge in [-0.1, -0.05) is 0 Å². The van der Waals surface area contributed by atoms with Gasteiger partial charge >= 0.3 is 0 Å². The van der Waals surface area contributed by atoms with E-state index in [1.165, 1.54) is 19.3 Å². The molecule has 0 radical (unpaired) electrons. The van der Waals surface area contributed by atoms with Gasteiger partial charge in [0.05, 0.1) is 0 Å². The lowest BCUT2D eigenvalue weighted by Crippen LogP contribution is -2.43. The fourth-order valence-corrected chi connectivity index (χ4v) is 4.78. The summed E-state index contributed by atoms with van der Waals surface area (Å²) in [4.78, 5) is 29.2. The normalized spacial score (nSPS) is 35.1. The average Bonchev–Trinajstić information content (AvgIpc) is 2.62. The van der Waals surface area contributed by atoms with E-state index in [1.807, 2.05) is 4.90 Å². The number of aromatic nitrogens is 1. The monoisotopic (exact) mass is 272 g/mol. The van der Waals surface area contributed by atoms with Crippen LogP contribution < -0.4 is 5.56 Å². The van der Waals surface area contributed by atoms with Crippen molar-refractivity contribution in [2.24, 2.45) is 17.8 Å². The first-order chi connectivity index (χ1) is 9.70. The van der Waals surface area contributed by atoms with Crippen LogP contribution in [0.25, 0.3) is 0 Å². The van der Waals surface area contributed by atoms with Gasteiger partial charge in [0.2, 0.25) is 0 Å². The Hall–Kier alpha value is -1.58. The van der Waals surface area contributed by atoms with Crippen molar-refractivity contribution in [3.05, 3.63) is 34.2 Å². The second-order valence-electron chi connectivity index (χ2n) is 6.80. The molecular weight excluding hydrogens is 252 g/mol. The van der Waals surface area contributed by atoms with Gasteiger partial charge in [0.1, 0.15) is 5.56 Å². The summed E-state index contributed by atoms with van der Waals surface area (Å²) in [5.74, 6) is 2.21. The molecule has 4 nitrogen and oxygen atoms in total. The number of carbonyl (C=O) groups is 1. The first kappa shape index (κ1) is 12.2. The van der Waals surface area contributed by atoms with E-state index in [0.29, 0.717) is 17.5 Å². The Morgan fingerprint density at radius 2 is 1.80 bits per heavy atom. The summed E-state index contributed by atoms with van der Waals surface area (Å²) in [7, 11) is 0. The highest BCUT2D eigenvalue weighted by atomic mass is 16.2. The van der Waals surface area contributed by atoms with E-state index in [1.54, 1.807) is 18.3 Å². The molecule has 4 aliphatic rings. The van der Waals surface area contributed by atoms with Gasteiger partial charge in [-0.05, 0) is 62.0 Å². The molecule has 1 N–H and O–H groups in total. The number of pyridine rings is 1. The molecule has 2 aliphatic heterocycles. The Bertz CT molecular complexity index is 580. The Morgan fingerprint density at radius 3 is 2.50 bits per heavy atom. The lowest BCUT2D eigenvalue weighted by Gasteiger charge is -2.38. The van der Waals surface area contributed by atoms with Crippen LogP contribution >= 0.6 is 0 Å². The number of fused-ring (bicyclic) bond motifs is 1. The van der Waals surface area contributed by atoms with Crippen LogP contribution in [0.5, 0.6) is 0 Å². The number of nitrogens with zero attached hydrogens (tertiary/aromatic N) is 1. The van der Waals surface area contributed by atoms with Crippen molar-refractivity contribution >= 4 is 5.91 Å². The highest BCUT2D eigenvalue weighted by Gasteiger charge is 2.44. The molecule has 5 rings (SSSR count). The minimum absolute atomic E-state index is 0.0648. The maximum atomic E-state index is 12.7. The molecule has 4 bridgehead atoms. The smallest absolute Gasteiger partial charge is 0.260 e. The van der Waals surface area contributed by atoms with Gasteiger partial charge in [-0.25, -0.2) is 0 Å². The predicted molar refractivity (Wildman–Crippen MR) is 75.4 cm³/mol. The van der Waals surface area contributed by atoms with E-state index in [9.17, 15) is 9.59 Å². The van der Waals surface area contributed by atoms with Crippen molar-refractivity contribution in [2.75, 3.05) is 6.54 Å². The van der Waals surface area contributed by atoms with Crippen molar-refractivity contribution in [3.8, 4) is 0 Å². The van der Waals surface area contributed by atoms with Gasteiger partial charge in [0.25, 0.3) is 11.5 Å². The van der Waals surface area contributed by atoms with E-state index in [-0.39, 0.29) is 11.5 Å². The zero-order valence-corrected chi connectivity index (χ0v) is 11.5. The van der Waals surface area contributed by atoms with E-state index in [2.05, 4.69) is 4.98 Å². The predicted octanol–water partition coefficient (Wildman–Crippen LogP) is 2.03. The number of hydrogen-bond donors (Lipinski definition) is 1. The van der Waals surface area contributed by atoms with Crippen LogP contribution in [0, 0.1) is 17.8 Å². The highest BCUT2D eigenvalue weighted by molar-refractivity contribution is 5.94. The molecule has 2 saturated carbocycles. The third-order valence-electron chi connectivity index (χ3n) is 5.42. The fourth-order valence-electron chi connectivity index (χ4n) is 4.78. The molecule has 4 fully saturated rings. The van der Waals surface area contributed by atoms with Crippen LogP contribution in [0.4, 0.5) is 0 Å². The molecule has 2 unspecified atom stereocenters. The van der Waals surface area contributed by atoms with Crippen molar-refractivity contribution in [1.29, 1.82) is 0 Å². The summed E-state index contributed by atoms with van der Waals surface area (Å²) in [6.45, 7) is 0.852. The van der Waals surface area contributed by atoms with Crippen molar-refractivity contribution in [3.63, 3.8) is 0 Å². The summed E-state index contributed by atoms with van der Waals surface area (Å²) in [5, 5.41) is 0. The SMILES string of the molecule is O=C(c1ccc[nH]c1=O)N1CC2C[C@@H]3CC1C[C@H](C2)C3. The molecular formula is C16H20N2O2. The summed E-state index contributed by atoms with van der Waals surface area (Å²) in [5.41, 5.74) is 0.0372. The van der Waals surface area contributed by atoms with Gasteiger partial charge < -0.3 is 9.88 Å². The van der Waals surface area contributed by atoms with E-state index in [0.717, 1.165) is 31.2 Å². The van der Waals surface area contributed by atoms with Gasteiger partial charge in [-0.2, -0.15) is 0 Å². The fraction of sp³-hybridized carbons (Fsp3) is 0.625. The third kappa shape index (κ3) is 1.89. The Balaban J connectivity index is 1.67. The molecule has 1 amide bonds. The topological polar surface area (TPSA) is 53.2 Å². The minimum Gasteiger partial charge on any atom is -0.335 e. The van der Waals surface area contributed by atoms with Crippen LogP contribution in [0.15, 0.2) is 23.1 Å². The van der Waals surface area contributed by atoms with Crippen molar-refractivity contribution in [2.45, 2.75) is 38.1 Å². The maximum Gasteiger partial charge on any atom is 0.260 e. The molecule has 4 atom stereocenters. The zero-order valence-electron chi connectivity index (χ0n) is 11.5. The number of H-pyrrole nitrogens is 1. The van der Waals surface area contributed by atoms with E-state index < -0.39 is 0 Å². The van der Waals surface area contributed by atoms with Crippen LogP contribution in [0.1, 0.15) is 42.5 Å². The number of hydrogen-bond acceptors (Lipinski definition) is 2. The first-order valence-electron chi connectivity index (χ1n) is 7.69. The largest absolute Gasteiger partial charge is 0.335 e. The second kappa shape index (κ2) is 4.47. The van der Waals surface area contributed by atoms with Gasteiger partial charge in [0.15, 0.2) is 0 Å². The maximum absolute atomic E-state index is 12.7. The zero-order chi connectivity index (χ0) is 13.7. The Kier molecular flexibility index (Phi) is 2.72. The summed E-state index contributed by atoms with van der Waals surface area (Å²) < 4.78 is 0. The molecule has 4 heteroatoms.